The summed E-state index contributed by atoms with van der Waals surface area (Å²) in [5, 5.41) is 3.47. The predicted octanol–water partition coefficient (Wildman–Crippen LogP) is 3.44. The zero-order chi connectivity index (χ0) is 10.2. The van der Waals surface area contributed by atoms with Crippen LogP contribution in [0.1, 0.15) is 26.7 Å². The largest absolute Gasteiger partial charge is 0.367 e. The van der Waals surface area contributed by atoms with Crippen molar-refractivity contribution in [3.63, 3.8) is 0 Å². The van der Waals surface area contributed by atoms with Crippen LogP contribution in [-0.2, 0) is 0 Å². The van der Waals surface area contributed by atoms with Gasteiger partial charge in [0.15, 0.2) is 0 Å². The third kappa shape index (κ3) is 1.92. The number of aromatic nitrogens is 1. The summed E-state index contributed by atoms with van der Waals surface area (Å²) in [4.78, 5) is 4.37. The van der Waals surface area contributed by atoms with Crippen LogP contribution in [0.15, 0.2) is 22.8 Å². The zero-order valence-corrected chi connectivity index (χ0v) is 10.1. The van der Waals surface area contributed by atoms with Crippen LogP contribution in [0.5, 0.6) is 0 Å². The number of anilines is 1. The lowest BCUT2D eigenvalue weighted by atomic mass is 9.67. The molecule has 0 aliphatic heterocycles. The highest BCUT2D eigenvalue weighted by molar-refractivity contribution is 9.10. The Morgan fingerprint density at radius 1 is 1.50 bits per heavy atom. The van der Waals surface area contributed by atoms with Gasteiger partial charge < -0.3 is 5.32 Å². The van der Waals surface area contributed by atoms with E-state index < -0.39 is 0 Å². The molecule has 1 atom stereocenters. The Kier molecular flexibility index (Phi) is 2.52. The van der Waals surface area contributed by atoms with Crippen molar-refractivity contribution in [3.05, 3.63) is 22.8 Å². The molecule has 1 saturated carbocycles. The molecule has 0 radical (unpaired) electrons. The highest BCUT2D eigenvalue weighted by Gasteiger charge is 2.38. The zero-order valence-electron chi connectivity index (χ0n) is 8.55. The van der Waals surface area contributed by atoms with Gasteiger partial charge in [-0.15, -0.1) is 0 Å². The van der Waals surface area contributed by atoms with Crippen LogP contribution in [-0.4, -0.2) is 11.0 Å². The lowest BCUT2D eigenvalue weighted by molar-refractivity contribution is 0.159. The highest BCUT2D eigenvalue weighted by Crippen LogP contribution is 2.41. The molecule has 1 heterocycles. The van der Waals surface area contributed by atoms with Crippen molar-refractivity contribution in [2.45, 2.75) is 32.7 Å². The van der Waals surface area contributed by atoms with Crippen LogP contribution in [0.3, 0.4) is 0 Å². The van der Waals surface area contributed by atoms with E-state index in [1.54, 1.807) is 0 Å². The molecule has 1 unspecified atom stereocenters. The van der Waals surface area contributed by atoms with E-state index >= 15 is 0 Å². The van der Waals surface area contributed by atoms with Gasteiger partial charge in [-0.2, -0.15) is 0 Å². The molecule has 1 fully saturated rings. The Morgan fingerprint density at radius 3 is 2.79 bits per heavy atom. The molecule has 0 spiro atoms. The van der Waals surface area contributed by atoms with Crippen molar-refractivity contribution < 1.29 is 0 Å². The van der Waals surface area contributed by atoms with E-state index in [0.29, 0.717) is 11.5 Å². The second kappa shape index (κ2) is 3.54. The molecule has 76 valence electrons. The number of rotatable bonds is 2. The molecule has 3 heteroatoms. The van der Waals surface area contributed by atoms with Gasteiger partial charge in [0, 0.05) is 6.04 Å². The van der Waals surface area contributed by atoms with Gasteiger partial charge in [0.1, 0.15) is 10.4 Å². The quantitative estimate of drug-likeness (QED) is 0.819. The number of nitrogens with zero attached hydrogens (tertiary/aromatic N) is 1. The molecule has 2 nitrogen and oxygen atoms in total. The number of halogens is 1. The summed E-state index contributed by atoms with van der Waals surface area (Å²) in [6.07, 6.45) is 2.56. The first-order chi connectivity index (χ1) is 6.58. The Labute approximate surface area is 93.3 Å². The molecule has 1 aromatic rings. The molecule has 0 bridgehead atoms. The van der Waals surface area contributed by atoms with Gasteiger partial charge in [-0.3, -0.25) is 0 Å². The molecule has 14 heavy (non-hydrogen) atoms. The first kappa shape index (κ1) is 9.97. The summed E-state index contributed by atoms with van der Waals surface area (Å²) in [6, 6.07) is 6.53. The summed E-state index contributed by atoms with van der Waals surface area (Å²) in [5.74, 6) is 0.970. The van der Waals surface area contributed by atoms with Gasteiger partial charge in [0.2, 0.25) is 0 Å². The molecule has 0 amide bonds. The van der Waals surface area contributed by atoms with Crippen LogP contribution in [0.4, 0.5) is 5.82 Å². The van der Waals surface area contributed by atoms with Gasteiger partial charge in [-0.25, -0.2) is 4.98 Å². The SMILES string of the molecule is CC1(C)CCC1Nc1cccc(Br)n1. The van der Waals surface area contributed by atoms with E-state index in [9.17, 15) is 0 Å². The molecule has 1 aliphatic rings. The predicted molar refractivity (Wildman–Crippen MR) is 62.4 cm³/mol. The van der Waals surface area contributed by atoms with Crippen LogP contribution in [0.25, 0.3) is 0 Å². The van der Waals surface area contributed by atoms with Crippen molar-refractivity contribution in [1.29, 1.82) is 0 Å². The van der Waals surface area contributed by atoms with E-state index in [1.807, 2.05) is 18.2 Å². The summed E-state index contributed by atoms with van der Waals surface area (Å²) in [6.45, 7) is 4.60. The van der Waals surface area contributed by atoms with Crippen molar-refractivity contribution in [1.82, 2.24) is 4.98 Å². The number of nitrogens with one attached hydrogen (secondary N) is 1. The Hall–Kier alpha value is -0.570. The molecule has 1 N–H and O–H groups in total. The van der Waals surface area contributed by atoms with Crippen molar-refractivity contribution in [2.24, 2.45) is 5.41 Å². The van der Waals surface area contributed by atoms with E-state index in [2.05, 4.69) is 40.1 Å². The summed E-state index contributed by atoms with van der Waals surface area (Å²) >= 11 is 3.37. The normalized spacial score (nSPS) is 24.1. The Balaban J connectivity index is 2.05. The fourth-order valence-corrected chi connectivity index (χ4v) is 2.14. The van der Waals surface area contributed by atoms with E-state index in [0.717, 1.165) is 10.4 Å². The molecule has 1 aromatic heterocycles. The molecule has 0 aromatic carbocycles. The molecule has 0 saturated heterocycles. The van der Waals surface area contributed by atoms with Crippen molar-refractivity contribution >= 4 is 21.7 Å². The first-order valence-electron chi connectivity index (χ1n) is 4.97. The summed E-state index contributed by atoms with van der Waals surface area (Å²) < 4.78 is 0.889. The van der Waals surface area contributed by atoms with E-state index in [-0.39, 0.29) is 0 Å². The van der Waals surface area contributed by atoms with Gasteiger partial charge >= 0.3 is 0 Å². The monoisotopic (exact) mass is 254 g/mol. The lowest BCUT2D eigenvalue weighted by Gasteiger charge is -2.45. The maximum atomic E-state index is 4.37. The summed E-state index contributed by atoms with van der Waals surface area (Å²) in [7, 11) is 0. The van der Waals surface area contributed by atoms with E-state index in [1.165, 1.54) is 12.8 Å². The molecule has 1 aliphatic carbocycles. The van der Waals surface area contributed by atoms with Crippen molar-refractivity contribution in [2.75, 3.05) is 5.32 Å². The second-order valence-corrected chi connectivity index (χ2v) is 5.38. The number of hydrogen-bond acceptors (Lipinski definition) is 2. The number of pyridine rings is 1. The third-order valence-corrected chi connectivity index (χ3v) is 3.50. The minimum absolute atomic E-state index is 0.421. The third-order valence-electron chi connectivity index (χ3n) is 3.06. The van der Waals surface area contributed by atoms with Crippen LogP contribution in [0, 0.1) is 5.41 Å². The van der Waals surface area contributed by atoms with E-state index in [4.69, 9.17) is 0 Å². The Morgan fingerprint density at radius 2 is 2.29 bits per heavy atom. The maximum Gasteiger partial charge on any atom is 0.127 e. The smallest absolute Gasteiger partial charge is 0.127 e. The van der Waals surface area contributed by atoms with Gasteiger partial charge in [0.05, 0.1) is 0 Å². The van der Waals surface area contributed by atoms with Crippen molar-refractivity contribution in [3.8, 4) is 0 Å². The van der Waals surface area contributed by atoms with Gasteiger partial charge in [-0.1, -0.05) is 19.9 Å². The van der Waals surface area contributed by atoms with Crippen LogP contribution in [0.2, 0.25) is 0 Å². The fraction of sp³-hybridized carbons (Fsp3) is 0.545. The highest BCUT2D eigenvalue weighted by atomic mass is 79.9. The first-order valence-corrected chi connectivity index (χ1v) is 5.76. The Bertz CT molecular complexity index is 336. The van der Waals surface area contributed by atoms with Crippen LogP contribution < -0.4 is 5.32 Å². The average molecular weight is 255 g/mol. The summed E-state index contributed by atoms with van der Waals surface area (Å²) in [5.41, 5.74) is 0.421. The molecular weight excluding hydrogens is 240 g/mol. The van der Waals surface area contributed by atoms with Gasteiger partial charge in [0.25, 0.3) is 0 Å². The van der Waals surface area contributed by atoms with Crippen LogP contribution >= 0.6 is 15.9 Å². The minimum Gasteiger partial charge on any atom is -0.367 e. The topological polar surface area (TPSA) is 24.9 Å². The van der Waals surface area contributed by atoms with Gasteiger partial charge in [-0.05, 0) is 46.3 Å². The average Bonchev–Trinajstić information content (AvgIpc) is 2.13. The fourth-order valence-electron chi connectivity index (χ4n) is 1.80. The maximum absolute atomic E-state index is 4.37. The minimum atomic E-state index is 0.421. The second-order valence-electron chi connectivity index (χ2n) is 4.57. The number of hydrogen-bond donors (Lipinski definition) is 1. The standard InChI is InChI=1S/C11H15BrN2/c1-11(2)7-6-8(11)13-10-5-3-4-9(12)14-10/h3-5,8H,6-7H2,1-2H3,(H,13,14). The lowest BCUT2D eigenvalue weighted by Crippen LogP contribution is -2.45. The molecular formula is C11H15BrN2. The molecule has 2 rings (SSSR count).